The van der Waals surface area contributed by atoms with E-state index in [9.17, 15) is 9.59 Å². The number of ketones is 1. The number of carbonyl (C=O) groups is 2. The van der Waals surface area contributed by atoms with E-state index >= 15 is 0 Å². The lowest BCUT2D eigenvalue weighted by Gasteiger charge is -2.26. The third kappa shape index (κ3) is 5.42. The molecular weight excluding hydrogens is 396 g/mol. The molecule has 0 aromatic heterocycles. The predicted molar refractivity (Wildman–Crippen MR) is 118 cm³/mol. The summed E-state index contributed by atoms with van der Waals surface area (Å²) < 4.78 is 15.9. The van der Waals surface area contributed by atoms with E-state index in [1.807, 2.05) is 24.3 Å². The van der Waals surface area contributed by atoms with Crippen molar-refractivity contribution in [3.8, 4) is 11.5 Å². The molecule has 0 spiro atoms. The molecule has 2 aromatic carbocycles. The molecule has 0 radical (unpaired) electrons. The van der Waals surface area contributed by atoms with Crippen LogP contribution in [0.25, 0.3) is 0 Å². The van der Waals surface area contributed by atoms with Gasteiger partial charge in [0.25, 0.3) is 0 Å². The van der Waals surface area contributed by atoms with Crippen LogP contribution in [-0.2, 0) is 11.2 Å². The Morgan fingerprint density at radius 3 is 2.29 bits per heavy atom. The summed E-state index contributed by atoms with van der Waals surface area (Å²) in [4.78, 5) is 25.7. The fraction of sp³-hybridized carbons (Fsp3) is 0.375. The predicted octanol–water partition coefficient (Wildman–Crippen LogP) is 4.38. The first-order valence-electron chi connectivity index (χ1n) is 10.1. The number of amides is 1. The summed E-state index contributed by atoms with van der Waals surface area (Å²) in [5.41, 5.74) is 4.71. The van der Waals surface area contributed by atoms with Gasteiger partial charge in [-0.1, -0.05) is 24.3 Å². The fourth-order valence-electron chi connectivity index (χ4n) is 3.56. The smallest absolute Gasteiger partial charge is 0.428 e. The zero-order chi connectivity index (χ0) is 22.6. The van der Waals surface area contributed by atoms with E-state index < -0.39 is 17.6 Å². The Balaban J connectivity index is 1.97. The van der Waals surface area contributed by atoms with E-state index in [0.29, 0.717) is 29.2 Å². The normalized spacial score (nSPS) is 16.9. The van der Waals surface area contributed by atoms with Crippen LogP contribution in [0.3, 0.4) is 0 Å². The van der Waals surface area contributed by atoms with Crippen LogP contribution in [0.2, 0.25) is 0 Å². The highest BCUT2D eigenvalue weighted by Crippen LogP contribution is 2.31. The first-order chi connectivity index (χ1) is 14.7. The van der Waals surface area contributed by atoms with Gasteiger partial charge in [-0.25, -0.2) is 10.2 Å². The molecule has 7 nitrogen and oxygen atoms in total. The number of hydrogen-bond donors (Lipinski definition) is 1. The molecule has 0 saturated carbocycles. The van der Waals surface area contributed by atoms with Gasteiger partial charge in [0.1, 0.15) is 17.1 Å². The molecule has 0 fully saturated rings. The molecule has 0 saturated heterocycles. The third-order valence-electron chi connectivity index (χ3n) is 4.94. The Morgan fingerprint density at radius 1 is 1.03 bits per heavy atom. The number of rotatable bonds is 5. The number of fused-ring (bicyclic) bond motifs is 1. The quantitative estimate of drug-likeness (QED) is 0.569. The van der Waals surface area contributed by atoms with Crippen molar-refractivity contribution in [1.29, 1.82) is 0 Å². The van der Waals surface area contributed by atoms with Gasteiger partial charge in [-0.15, -0.1) is 0 Å². The number of methoxy groups -OCH3 is 2. The number of Topliss-reactive ketones (excluding diaryl/α,β-unsaturated/α-hetero) is 1. The highest BCUT2D eigenvalue weighted by molar-refractivity contribution is 6.19. The van der Waals surface area contributed by atoms with Crippen LogP contribution >= 0.6 is 0 Å². The van der Waals surface area contributed by atoms with Gasteiger partial charge in [0.2, 0.25) is 0 Å². The Morgan fingerprint density at radius 2 is 1.68 bits per heavy atom. The topological polar surface area (TPSA) is 86.2 Å². The minimum absolute atomic E-state index is 0.114. The molecular formula is C24H28N2O5. The summed E-state index contributed by atoms with van der Waals surface area (Å²) in [6.45, 7) is 5.33. The molecule has 3 rings (SSSR count). The minimum atomic E-state index is -0.669. The zero-order valence-corrected chi connectivity index (χ0v) is 18.5. The Hall–Kier alpha value is -3.35. The summed E-state index contributed by atoms with van der Waals surface area (Å²) >= 11 is 0. The van der Waals surface area contributed by atoms with Gasteiger partial charge in [0, 0.05) is 17.2 Å². The Kier molecular flexibility index (Phi) is 6.63. The van der Waals surface area contributed by atoms with E-state index in [2.05, 4.69) is 10.5 Å². The van der Waals surface area contributed by atoms with Crippen LogP contribution in [0.1, 0.15) is 48.7 Å². The van der Waals surface area contributed by atoms with Crippen LogP contribution in [0.5, 0.6) is 11.5 Å². The van der Waals surface area contributed by atoms with Gasteiger partial charge < -0.3 is 14.2 Å². The van der Waals surface area contributed by atoms with E-state index in [1.54, 1.807) is 39.0 Å². The van der Waals surface area contributed by atoms with Gasteiger partial charge in [0.15, 0.2) is 5.78 Å². The minimum Gasteiger partial charge on any atom is -0.497 e. The number of hydrogen-bond acceptors (Lipinski definition) is 6. The van der Waals surface area contributed by atoms with E-state index in [1.165, 1.54) is 14.2 Å². The molecule has 1 aliphatic rings. The van der Waals surface area contributed by atoms with E-state index in [4.69, 9.17) is 14.2 Å². The molecule has 1 aliphatic carbocycles. The lowest BCUT2D eigenvalue weighted by atomic mass is 9.78. The molecule has 0 heterocycles. The highest BCUT2D eigenvalue weighted by Gasteiger charge is 2.32. The molecule has 1 atom stereocenters. The molecule has 0 aliphatic heterocycles. The molecule has 31 heavy (non-hydrogen) atoms. The monoisotopic (exact) mass is 424 g/mol. The second-order valence-corrected chi connectivity index (χ2v) is 8.32. The maximum absolute atomic E-state index is 13.5. The Bertz CT molecular complexity index is 985. The van der Waals surface area contributed by atoms with Gasteiger partial charge in [-0.2, -0.15) is 5.10 Å². The molecule has 2 aromatic rings. The summed E-state index contributed by atoms with van der Waals surface area (Å²) in [6, 6.07) is 12.8. The van der Waals surface area contributed by atoms with Crippen molar-refractivity contribution >= 4 is 17.6 Å². The zero-order valence-electron chi connectivity index (χ0n) is 18.5. The van der Waals surface area contributed by atoms with E-state index in [0.717, 1.165) is 17.5 Å². The summed E-state index contributed by atoms with van der Waals surface area (Å²) in [6.07, 6.45) is 0.640. The number of hydrazone groups is 1. The highest BCUT2D eigenvalue weighted by atomic mass is 16.6. The second-order valence-electron chi connectivity index (χ2n) is 8.32. The second kappa shape index (κ2) is 9.20. The molecule has 1 unspecified atom stereocenters. The van der Waals surface area contributed by atoms with Gasteiger partial charge >= 0.3 is 6.09 Å². The SMILES string of the molecule is COc1cc(OC)cc(C(=O)C2CCc3ccccc3/C2=N\NC(=O)OC(C)(C)C)c1. The molecule has 1 N–H and O–H groups in total. The van der Waals surface area contributed by atoms with Crippen molar-refractivity contribution in [1.82, 2.24) is 5.43 Å². The fourth-order valence-corrected chi connectivity index (χ4v) is 3.56. The summed E-state index contributed by atoms with van der Waals surface area (Å²) in [5.74, 6) is 0.423. The lowest BCUT2D eigenvalue weighted by Crippen LogP contribution is -2.35. The van der Waals surface area contributed by atoms with Crippen LogP contribution in [-0.4, -0.2) is 37.4 Å². The molecule has 164 valence electrons. The van der Waals surface area contributed by atoms with Gasteiger partial charge in [-0.3, -0.25) is 4.79 Å². The number of benzene rings is 2. The number of aryl methyl sites for hydroxylation is 1. The largest absolute Gasteiger partial charge is 0.497 e. The summed E-state index contributed by atoms with van der Waals surface area (Å²) in [5, 5.41) is 4.33. The van der Waals surface area contributed by atoms with Crippen molar-refractivity contribution in [3.05, 3.63) is 59.2 Å². The maximum Gasteiger partial charge on any atom is 0.428 e. The summed E-state index contributed by atoms with van der Waals surface area (Å²) in [7, 11) is 3.08. The van der Waals surface area contributed by atoms with Gasteiger partial charge in [0.05, 0.1) is 25.8 Å². The molecule has 0 bridgehead atoms. The van der Waals surface area contributed by atoms with Crippen LogP contribution < -0.4 is 14.9 Å². The van der Waals surface area contributed by atoms with E-state index in [-0.39, 0.29) is 5.78 Å². The molecule has 7 heteroatoms. The average Bonchev–Trinajstić information content (AvgIpc) is 2.75. The number of nitrogens with zero attached hydrogens (tertiary/aromatic N) is 1. The first-order valence-corrected chi connectivity index (χ1v) is 10.1. The van der Waals surface area contributed by atoms with Crippen molar-refractivity contribution in [3.63, 3.8) is 0 Å². The van der Waals surface area contributed by atoms with Crippen molar-refractivity contribution < 1.29 is 23.8 Å². The molecule has 1 amide bonds. The Labute approximate surface area is 182 Å². The van der Waals surface area contributed by atoms with Crippen molar-refractivity contribution in [2.45, 2.75) is 39.2 Å². The average molecular weight is 424 g/mol. The number of carbonyl (C=O) groups excluding carboxylic acids is 2. The van der Waals surface area contributed by atoms with Crippen LogP contribution in [0.4, 0.5) is 4.79 Å². The van der Waals surface area contributed by atoms with Gasteiger partial charge in [-0.05, 0) is 51.3 Å². The first kappa shape index (κ1) is 22.3. The van der Waals surface area contributed by atoms with Crippen LogP contribution in [0, 0.1) is 5.92 Å². The number of nitrogens with one attached hydrogen (secondary N) is 1. The van der Waals surface area contributed by atoms with Crippen molar-refractivity contribution in [2.75, 3.05) is 14.2 Å². The maximum atomic E-state index is 13.5. The lowest BCUT2D eigenvalue weighted by molar-refractivity contribution is 0.0528. The van der Waals surface area contributed by atoms with Crippen LogP contribution in [0.15, 0.2) is 47.6 Å². The standard InChI is InChI=1S/C24H28N2O5/c1-24(2,3)31-23(28)26-25-21-19-9-7-6-8-15(19)10-11-20(21)22(27)16-12-17(29-4)14-18(13-16)30-5/h6-9,12-14,20H,10-11H2,1-5H3,(H,26,28)/b25-21+. The number of ether oxygens (including phenoxy) is 3. The van der Waals surface area contributed by atoms with Crippen molar-refractivity contribution in [2.24, 2.45) is 11.0 Å². The third-order valence-corrected chi connectivity index (χ3v) is 4.94.